The second-order valence-electron chi connectivity index (χ2n) is 6.89. The summed E-state index contributed by atoms with van der Waals surface area (Å²) in [4.78, 5) is 26.0. The number of carbonyl (C=O) groups is 2. The van der Waals surface area contributed by atoms with E-state index in [9.17, 15) is 14.0 Å². The molecule has 0 bridgehead atoms. The molecule has 1 atom stereocenters. The van der Waals surface area contributed by atoms with Crippen molar-refractivity contribution in [3.05, 3.63) is 35.6 Å². The Morgan fingerprint density at radius 1 is 1.36 bits per heavy atom. The first-order valence-corrected chi connectivity index (χ1v) is 8.90. The molecule has 1 aromatic rings. The van der Waals surface area contributed by atoms with Crippen LogP contribution in [0.1, 0.15) is 37.7 Å². The zero-order valence-corrected chi connectivity index (χ0v) is 14.6. The highest BCUT2D eigenvalue weighted by Gasteiger charge is 2.29. The van der Waals surface area contributed by atoms with Gasteiger partial charge in [0.15, 0.2) is 0 Å². The number of likely N-dealkylation sites (tertiary alicyclic amines) is 1. The SMILES string of the molecule is CN1N=C(C(=O)N2CCCC(CCc3cccc(F)c3)C2)CCC1=O. The first kappa shape index (κ1) is 17.6. The van der Waals surface area contributed by atoms with Gasteiger partial charge in [-0.15, -0.1) is 0 Å². The van der Waals surface area contributed by atoms with Crippen molar-refractivity contribution in [1.82, 2.24) is 9.91 Å². The summed E-state index contributed by atoms with van der Waals surface area (Å²) in [5.41, 5.74) is 1.48. The molecule has 2 aliphatic heterocycles. The molecule has 1 aromatic carbocycles. The third kappa shape index (κ3) is 4.44. The van der Waals surface area contributed by atoms with E-state index in [1.54, 1.807) is 19.2 Å². The highest BCUT2D eigenvalue weighted by atomic mass is 19.1. The number of hydrazone groups is 1. The monoisotopic (exact) mass is 345 g/mol. The van der Waals surface area contributed by atoms with Gasteiger partial charge in [0.2, 0.25) is 5.91 Å². The van der Waals surface area contributed by atoms with Crippen LogP contribution in [0.3, 0.4) is 0 Å². The number of rotatable bonds is 4. The summed E-state index contributed by atoms with van der Waals surface area (Å²) in [6.45, 7) is 1.46. The molecule has 0 spiro atoms. The molecule has 1 unspecified atom stereocenters. The van der Waals surface area contributed by atoms with Gasteiger partial charge < -0.3 is 4.90 Å². The molecule has 2 heterocycles. The molecule has 6 heteroatoms. The lowest BCUT2D eigenvalue weighted by molar-refractivity contribution is -0.131. The van der Waals surface area contributed by atoms with Crippen molar-refractivity contribution in [1.29, 1.82) is 0 Å². The minimum Gasteiger partial charge on any atom is -0.337 e. The summed E-state index contributed by atoms with van der Waals surface area (Å²) in [6, 6.07) is 6.71. The summed E-state index contributed by atoms with van der Waals surface area (Å²) in [7, 11) is 1.59. The van der Waals surface area contributed by atoms with Crippen molar-refractivity contribution in [2.45, 2.75) is 38.5 Å². The first-order chi connectivity index (χ1) is 12.0. The summed E-state index contributed by atoms with van der Waals surface area (Å²) in [6.07, 6.45) is 4.59. The smallest absolute Gasteiger partial charge is 0.270 e. The van der Waals surface area contributed by atoms with Crippen molar-refractivity contribution in [3.8, 4) is 0 Å². The second kappa shape index (κ2) is 7.76. The molecule has 1 fully saturated rings. The van der Waals surface area contributed by atoms with Crippen LogP contribution in [0.2, 0.25) is 0 Å². The minimum atomic E-state index is -0.202. The Hall–Kier alpha value is -2.24. The number of amides is 2. The van der Waals surface area contributed by atoms with Gasteiger partial charge in [-0.3, -0.25) is 9.59 Å². The molecular formula is C19H24FN3O2. The fraction of sp³-hybridized carbons (Fsp3) is 0.526. The lowest BCUT2D eigenvalue weighted by atomic mass is 9.91. The van der Waals surface area contributed by atoms with Gasteiger partial charge in [-0.1, -0.05) is 12.1 Å². The van der Waals surface area contributed by atoms with Gasteiger partial charge in [-0.2, -0.15) is 5.10 Å². The van der Waals surface area contributed by atoms with Crippen molar-refractivity contribution >= 4 is 17.5 Å². The number of halogens is 1. The van der Waals surface area contributed by atoms with E-state index in [2.05, 4.69) is 5.10 Å². The number of benzene rings is 1. The number of nitrogens with zero attached hydrogens (tertiary/aromatic N) is 3. The lowest BCUT2D eigenvalue weighted by Gasteiger charge is -2.34. The van der Waals surface area contributed by atoms with Gasteiger partial charge in [-0.25, -0.2) is 9.40 Å². The summed E-state index contributed by atoms with van der Waals surface area (Å²) in [5, 5.41) is 5.40. The summed E-state index contributed by atoms with van der Waals surface area (Å²) < 4.78 is 13.3. The van der Waals surface area contributed by atoms with E-state index >= 15 is 0 Å². The van der Waals surface area contributed by atoms with Crippen LogP contribution >= 0.6 is 0 Å². The third-order valence-corrected chi connectivity index (χ3v) is 4.99. The van der Waals surface area contributed by atoms with Crippen LogP contribution < -0.4 is 0 Å². The number of aryl methyl sites for hydroxylation is 1. The molecule has 3 rings (SSSR count). The fourth-order valence-electron chi connectivity index (χ4n) is 3.55. The van der Waals surface area contributed by atoms with Gasteiger partial charge >= 0.3 is 0 Å². The van der Waals surface area contributed by atoms with E-state index in [1.807, 2.05) is 11.0 Å². The van der Waals surface area contributed by atoms with Crippen LogP contribution in [0.5, 0.6) is 0 Å². The third-order valence-electron chi connectivity index (χ3n) is 4.99. The number of hydrogen-bond acceptors (Lipinski definition) is 3. The highest BCUT2D eigenvalue weighted by molar-refractivity contribution is 6.39. The van der Waals surface area contributed by atoms with E-state index in [-0.39, 0.29) is 17.6 Å². The molecule has 134 valence electrons. The largest absolute Gasteiger partial charge is 0.337 e. The average molecular weight is 345 g/mol. The Morgan fingerprint density at radius 2 is 2.20 bits per heavy atom. The van der Waals surface area contributed by atoms with E-state index in [4.69, 9.17) is 0 Å². The molecule has 25 heavy (non-hydrogen) atoms. The quantitative estimate of drug-likeness (QED) is 0.842. The average Bonchev–Trinajstić information content (AvgIpc) is 2.62. The van der Waals surface area contributed by atoms with Crippen molar-refractivity contribution < 1.29 is 14.0 Å². The van der Waals surface area contributed by atoms with Crippen LogP contribution in [-0.2, 0) is 16.0 Å². The summed E-state index contributed by atoms with van der Waals surface area (Å²) in [5.74, 6) is 0.120. The summed E-state index contributed by atoms with van der Waals surface area (Å²) >= 11 is 0. The van der Waals surface area contributed by atoms with Crippen molar-refractivity contribution in [3.63, 3.8) is 0 Å². The predicted molar refractivity (Wildman–Crippen MR) is 93.5 cm³/mol. The highest BCUT2D eigenvalue weighted by Crippen LogP contribution is 2.23. The Labute approximate surface area is 147 Å². The molecular weight excluding hydrogens is 321 g/mol. The standard InChI is InChI=1S/C19H24FN3O2/c1-22-18(24)10-9-17(21-22)19(25)23-11-3-5-15(13-23)8-7-14-4-2-6-16(20)12-14/h2,4,6,12,15H,3,5,7-11,13H2,1H3. The van der Waals surface area contributed by atoms with Gasteiger partial charge in [0.1, 0.15) is 11.5 Å². The Bertz CT molecular complexity index is 689. The molecule has 2 amide bonds. The number of piperidine rings is 1. The number of hydrogen-bond donors (Lipinski definition) is 0. The van der Waals surface area contributed by atoms with Crippen LogP contribution in [-0.4, -0.2) is 47.6 Å². The number of carbonyl (C=O) groups excluding carboxylic acids is 2. The first-order valence-electron chi connectivity index (χ1n) is 8.90. The van der Waals surface area contributed by atoms with Crippen LogP contribution in [0.4, 0.5) is 4.39 Å². The normalized spacial score (nSPS) is 21.3. The van der Waals surface area contributed by atoms with Crippen molar-refractivity contribution in [2.75, 3.05) is 20.1 Å². The molecule has 0 N–H and O–H groups in total. The van der Waals surface area contributed by atoms with Crippen LogP contribution in [0.25, 0.3) is 0 Å². The second-order valence-corrected chi connectivity index (χ2v) is 6.89. The molecule has 0 aliphatic carbocycles. The van der Waals surface area contributed by atoms with Gasteiger partial charge in [0, 0.05) is 33.0 Å². The fourth-order valence-corrected chi connectivity index (χ4v) is 3.55. The lowest BCUT2D eigenvalue weighted by Crippen LogP contribution is -2.45. The maximum atomic E-state index is 13.3. The molecule has 1 saturated heterocycles. The molecule has 2 aliphatic rings. The van der Waals surface area contributed by atoms with Crippen molar-refractivity contribution in [2.24, 2.45) is 11.0 Å². The van der Waals surface area contributed by atoms with E-state index in [0.717, 1.165) is 37.8 Å². The molecule has 5 nitrogen and oxygen atoms in total. The van der Waals surface area contributed by atoms with E-state index < -0.39 is 0 Å². The molecule has 0 aromatic heterocycles. The Kier molecular flexibility index (Phi) is 5.46. The minimum absolute atomic E-state index is 0.0465. The van der Waals surface area contributed by atoms with E-state index in [0.29, 0.717) is 31.0 Å². The zero-order valence-electron chi connectivity index (χ0n) is 14.6. The van der Waals surface area contributed by atoms with Crippen LogP contribution in [0, 0.1) is 11.7 Å². The predicted octanol–water partition coefficient (Wildman–Crippen LogP) is 2.61. The van der Waals surface area contributed by atoms with Crippen LogP contribution in [0.15, 0.2) is 29.4 Å². The Morgan fingerprint density at radius 3 is 2.96 bits per heavy atom. The van der Waals surface area contributed by atoms with Gasteiger partial charge in [0.05, 0.1) is 0 Å². The maximum absolute atomic E-state index is 13.3. The Balaban J connectivity index is 1.56. The van der Waals surface area contributed by atoms with Gasteiger partial charge in [0.25, 0.3) is 5.91 Å². The molecule has 0 saturated carbocycles. The maximum Gasteiger partial charge on any atom is 0.270 e. The zero-order chi connectivity index (χ0) is 17.8. The topological polar surface area (TPSA) is 53.0 Å². The molecule has 0 radical (unpaired) electrons. The van der Waals surface area contributed by atoms with E-state index in [1.165, 1.54) is 11.1 Å². The van der Waals surface area contributed by atoms with Gasteiger partial charge in [-0.05, 0) is 49.3 Å².